The van der Waals surface area contributed by atoms with Gasteiger partial charge in [0, 0.05) is 13.0 Å². The van der Waals surface area contributed by atoms with Crippen LogP contribution in [0, 0.1) is 0 Å². The summed E-state index contributed by atoms with van der Waals surface area (Å²) in [5.74, 6) is -1.48. The van der Waals surface area contributed by atoms with Crippen LogP contribution < -0.4 is 10.1 Å². The van der Waals surface area contributed by atoms with Gasteiger partial charge in [-0.2, -0.15) is 0 Å². The highest BCUT2D eigenvalue weighted by molar-refractivity contribution is 5.88. The van der Waals surface area contributed by atoms with Crippen LogP contribution in [-0.4, -0.2) is 40.8 Å². The average Bonchev–Trinajstić information content (AvgIpc) is 2.78. The van der Waals surface area contributed by atoms with Gasteiger partial charge in [-0.1, -0.05) is 6.07 Å². The summed E-state index contributed by atoms with van der Waals surface area (Å²) in [4.78, 5) is 21.5. The van der Waals surface area contributed by atoms with Gasteiger partial charge in [0.1, 0.15) is 17.9 Å². The van der Waals surface area contributed by atoms with Crippen LogP contribution in [0.25, 0.3) is 0 Å². The van der Waals surface area contributed by atoms with Crippen molar-refractivity contribution >= 4 is 24.3 Å². The summed E-state index contributed by atoms with van der Waals surface area (Å²) in [7, 11) is 0. The Hall–Kier alpha value is -1.79. The summed E-state index contributed by atoms with van der Waals surface area (Å²) in [6, 6.07) is 5.55. The number of carboxylic acids is 2. The van der Waals surface area contributed by atoms with Crippen LogP contribution >= 0.6 is 12.4 Å². The van der Waals surface area contributed by atoms with Crippen LogP contribution in [0.15, 0.2) is 24.3 Å². The number of hydrogen-bond donors (Lipinski definition) is 3. The van der Waals surface area contributed by atoms with Crippen molar-refractivity contribution in [3.05, 3.63) is 29.8 Å². The SMILES string of the molecule is Cl.O=C(O)c1cccc(O[C@@H]2CN[C@H](C(=O)O)C2)c1. The van der Waals surface area contributed by atoms with Crippen molar-refractivity contribution in [3.63, 3.8) is 0 Å². The fourth-order valence-corrected chi connectivity index (χ4v) is 1.88. The Kier molecular flexibility index (Phi) is 5.14. The molecule has 0 bridgehead atoms. The fraction of sp³-hybridized carbons (Fsp3) is 0.333. The van der Waals surface area contributed by atoms with Gasteiger partial charge in [0.25, 0.3) is 0 Å². The van der Waals surface area contributed by atoms with Crippen molar-refractivity contribution in [1.82, 2.24) is 5.32 Å². The second kappa shape index (κ2) is 6.40. The molecule has 0 amide bonds. The van der Waals surface area contributed by atoms with Crippen molar-refractivity contribution in [2.45, 2.75) is 18.6 Å². The fourth-order valence-electron chi connectivity index (χ4n) is 1.88. The van der Waals surface area contributed by atoms with Gasteiger partial charge in [0.15, 0.2) is 0 Å². The Morgan fingerprint density at radius 1 is 1.32 bits per heavy atom. The summed E-state index contributed by atoms with van der Waals surface area (Å²) in [5, 5.41) is 20.5. The predicted octanol–water partition coefficient (Wildman–Crippen LogP) is 1.00. The minimum absolute atomic E-state index is 0. The Morgan fingerprint density at radius 3 is 2.63 bits per heavy atom. The molecule has 104 valence electrons. The van der Waals surface area contributed by atoms with E-state index in [2.05, 4.69) is 5.32 Å². The zero-order valence-electron chi connectivity index (χ0n) is 9.91. The van der Waals surface area contributed by atoms with Crippen molar-refractivity contribution in [1.29, 1.82) is 0 Å². The second-order valence-corrected chi connectivity index (χ2v) is 4.11. The molecule has 1 aromatic carbocycles. The van der Waals surface area contributed by atoms with Crippen LogP contribution in [0.1, 0.15) is 16.8 Å². The number of benzene rings is 1. The molecule has 1 saturated heterocycles. The van der Waals surface area contributed by atoms with E-state index in [0.717, 1.165) is 0 Å². The predicted molar refractivity (Wildman–Crippen MR) is 69.1 cm³/mol. The minimum Gasteiger partial charge on any atom is -0.489 e. The van der Waals surface area contributed by atoms with E-state index in [1.165, 1.54) is 12.1 Å². The summed E-state index contributed by atoms with van der Waals surface area (Å²) >= 11 is 0. The normalized spacial score (nSPS) is 21.5. The number of ether oxygens (including phenoxy) is 1. The molecule has 1 aliphatic heterocycles. The molecule has 2 atom stereocenters. The third-order valence-electron chi connectivity index (χ3n) is 2.77. The Morgan fingerprint density at radius 2 is 2.05 bits per heavy atom. The molecule has 1 heterocycles. The van der Waals surface area contributed by atoms with Crippen molar-refractivity contribution in [2.24, 2.45) is 0 Å². The van der Waals surface area contributed by atoms with Crippen LogP contribution in [0.2, 0.25) is 0 Å². The van der Waals surface area contributed by atoms with E-state index in [9.17, 15) is 9.59 Å². The van der Waals surface area contributed by atoms with E-state index < -0.39 is 18.0 Å². The van der Waals surface area contributed by atoms with Crippen LogP contribution in [0.4, 0.5) is 0 Å². The number of nitrogens with one attached hydrogen (secondary N) is 1. The van der Waals surface area contributed by atoms with E-state index in [4.69, 9.17) is 14.9 Å². The molecule has 6 nitrogen and oxygen atoms in total. The number of aliphatic carboxylic acids is 1. The lowest BCUT2D eigenvalue weighted by Crippen LogP contribution is -2.30. The highest BCUT2D eigenvalue weighted by Crippen LogP contribution is 2.19. The van der Waals surface area contributed by atoms with Crippen molar-refractivity contribution < 1.29 is 24.5 Å². The third-order valence-corrected chi connectivity index (χ3v) is 2.77. The van der Waals surface area contributed by atoms with Gasteiger partial charge in [0.05, 0.1) is 5.56 Å². The first-order valence-electron chi connectivity index (χ1n) is 5.52. The smallest absolute Gasteiger partial charge is 0.335 e. The molecule has 3 N–H and O–H groups in total. The highest BCUT2D eigenvalue weighted by atomic mass is 35.5. The molecule has 1 fully saturated rings. The molecular weight excluding hydrogens is 274 g/mol. The average molecular weight is 288 g/mol. The van der Waals surface area contributed by atoms with Gasteiger partial charge in [-0.15, -0.1) is 12.4 Å². The number of carbonyl (C=O) groups is 2. The lowest BCUT2D eigenvalue weighted by molar-refractivity contribution is -0.139. The number of hydrogen-bond acceptors (Lipinski definition) is 4. The van der Waals surface area contributed by atoms with E-state index in [1.54, 1.807) is 12.1 Å². The molecule has 0 unspecified atom stereocenters. The van der Waals surface area contributed by atoms with Gasteiger partial charge >= 0.3 is 11.9 Å². The highest BCUT2D eigenvalue weighted by Gasteiger charge is 2.30. The first kappa shape index (κ1) is 15.3. The molecule has 0 aromatic heterocycles. The Bertz CT molecular complexity index is 479. The van der Waals surface area contributed by atoms with E-state index in [1.807, 2.05) is 0 Å². The molecular formula is C12H14ClNO5. The molecule has 0 spiro atoms. The Labute approximate surface area is 115 Å². The van der Waals surface area contributed by atoms with Crippen LogP contribution in [0.5, 0.6) is 5.75 Å². The quantitative estimate of drug-likeness (QED) is 0.764. The summed E-state index contributed by atoms with van der Waals surface area (Å²) in [6.45, 7) is 0.439. The van der Waals surface area contributed by atoms with Crippen LogP contribution in [-0.2, 0) is 4.79 Å². The summed E-state index contributed by atoms with van der Waals surface area (Å²) in [5.41, 5.74) is 0.147. The maximum Gasteiger partial charge on any atom is 0.335 e. The lowest BCUT2D eigenvalue weighted by atomic mass is 10.2. The maximum atomic E-state index is 10.8. The summed E-state index contributed by atoms with van der Waals surface area (Å²) in [6.07, 6.45) is 0.113. The van der Waals surface area contributed by atoms with Gasteiger partial charge < -0.3 is 20.3 Å². The molecule has 7 heteroatoms. The second-order valence-electron chi connectivity index (χ2n) is 4.11. The molecule has 1 aliphatic rings. The first-order valence-corrected chi connectivity index (χ1v) is 5.52. The molecule has 19 heavy (non-hydrogen) atoms. The lowest BCUT2D eigenvalue weighted by Gasteiger charge is -2.12. The summed E-state index contributed by atoms with van der Waals surface area (Å²) < 4.78 is 5.56. The van der Waals surface area contributed by atoms with Gasteiger partial charge in [-0.05, 0) is 18.2 Å². The molecule has 0 aliphatic carbocycles. The van der Waals surface area contributed by atoms with Gasteiger partial charge in [0.2, 0.25) is 0 Å². The van der Waals surface area contributed by atoms with Crippen molar-refractivity contribution in [3.8, 4) is 5.75 Å². The van der Waals surface area contributed by atoms with Crippen molar-refractivity contribution in [2.75, 3.05) is 6.54 Å². The topological polar surface area (TPSA) is 95.9 Å². The van der Waals surface area contributed by atoms with Crippen LogP contribution in [0.3, 0.4) is 0 Å². The zero-order valence-corrected chi connectivity index (χ0v) is 10.7. The maximum absolute atomic E-state index is 10.8. The number of halogens is 1. The molecule has 0 radical (unpaired) electrons. The standard InChI is InChI=1S/C12H13NO5.ClH/c14-11(15)7-2-1-3-8(4-7)18-9-5-10(12(16)17)13-6-9;/h1-4,9-10,13H,5-6H2,(H,14,15)(H,16,17);1H/t9-,10-;/m0./s1. The largest absolute Gasteiger partial charge is 0.489 e. The number of carboxylic acid groups (broad SMARTS) is 2. The minimum atomic E-state index is -1.02. The number of rotatable bonds is 4. The molecule has 0 saturated carbocycles. The van der Waals surface area contributed by atoms with E-state index in [-0.39, 0.29) is 24.1 Å². The van der Waals surface area contributed by atoms with E-state index in [0.29, 0.717) is 18.7 Å². The first-order chi connectivity index (χ1) is 8.56. The molecule has 1 aromatic rings. The third kappa shape index (κ3) is 3.84. The van der Waals surface area contributed by atoms with E-state index >= 15 is 0 Å². The van der Waals surface area contributed by atoms with Gasteiger partial charge in [-0.25, -0.2) is 4.79 Å². The Balaban J connectivity index is 0.00000180. The number of aromatic carboxylic acids is 1. The van der Waals surface area contributed by atoms with Gasteiger partial charge in [-0.3, -0.25) is 4.79 Å². The zero-order chi connectivity index (χ0) is 13.1. The molecule has 2 rings (SSSR count). The monoisotopic (exact) mass is 287 g/mol.